The fourth-order valence-electron chi connectivity index (χ4n) is 2.46. The Kier molecular flexibility index (Phi) is 3.36. The first-order chi connectivity index (χ1) is 10.6. The highest BCUT2D eigenvalue weighted by Gasteiger charge is 2.14. The van der Waals surface area contributed by atoms with Crippen LogP contribution in [0.1, 0.15) is 5.69 Å². The molecule has 0 fully saturated rings. The number of methoxy groups -OCH3 is 1. The summed E-state index contributed by atoms with van der Waals surface area (Å²) in [6.07, 6.45) is 0. The monoisotopic (exact) mass is 294 g/mol. The van der Waals surface area contributed by atoms with Crippen LogP contribution in [0.5, 0.6) is 5.75 Å². The summed E-state index contributed by atoms with van der Waals surface area (Å²) < 4.78 is 18.7. The number of fused-ring (bicyclic) bond motifs is 1. The maximum Gasteiger partial charge on any atom is 0.256 e. The molecule has 3 rings (SSSR count). The molecule has 2 aromatic carbocycles. The summed E-state index contributed by atoms with van der Waals surface area (Å²) in [5.74, 6) is 0.142. The third-order valence-corrected chi connectivity index (χ3v) is 3.45. The van der Waals surface area contributed by atoms with Crippen LogP contribution in [0.15, 0.2) is 47.3 Å². The van der Waals surface area contributed by atoms with Crippen LogP contribution in [0.4, 0.5) is 4.39 Å². The minimum absolute atomic E-state index is 0.0938. The maximum absolute atomic E-state index is 13.5. The van der Waals surface area contributed by atoms with Crippen molar-refractivity contribution in [1.82, 2.24) is 4.98 Å². The largest absolute Gasteiger partial charge is 0.497 e. The summed E-state index contributed by atoms with van der Waals surface area (Å²) in [7, 11) is 1.52. The van der Waals surface area contributed by atoms with Crippen LogP contribution < -0.4 is 10.3 Å². The van der Waals surface area contributed by atoms with Gasteiger partial charge in [-0.15, -0.1) is 0 Å². The molecular formula is C17H11FN2O2. The van der Waals surface area contributed by atoms with Crippen molar-refractivity contribution < 1.29 is 9.13 Å². The summed E-state index contributed by atoms with van der Waals surface area (Å²) in [6.45, 7) is 0. The lowest BCUT2D eigenvalue weighted by Gasteiger charge is -2.10. The zero-order valence-corrected chi connectivity index (χ0v) is 11.7. The van der Waals surface area contributed by atoms with E-state index >= 15 is 0 Å². The Balaban J connectivity index is 2.48. The zero-order valence-electron chi connectivity index (χ0n) is 11.7. The Bertz CT molecular complexity index is 971. The number of nitrogens with zero attached hydrogens (tertiary/aromatic N) is 1. The first-order valence-electron chi connectivity index (χ1n) is 6.54. The van der Waals surface area contributed by atoms with Crippen molar-refractivity contribution in [3.8, 4) is 22.9 Å². The highest BCUT2D eigenvalue weighted by atomic mass is 19.1. The molecule has 0 saturated heterocycles. The summed E-state index contributed by atoms with van der Waals surface area (Å²) in [5.41, 5.74) is 0.729. The lowest BCUT2D eigenvalue weighted by Crippen LogP contribution is -2.10. The molecule has 0 spiro atoms. The Labute approximate surface area is 125 Å². The molecule has 1 N–H and O–H groups in total. The van der Waals surface area contributed by atoms with E-state index < -0.39 is 5.82 Å². The number of ether oxygens (including phenoxy) is 1. The summed E-state index contributed by atoms with van der Waals surface area (Å²) in [4.78, 5) is 14.6. The standard InChI is InChI=1S/C17H11FN2O2/c1-22-12-5-6-13-14(8-12)16(15(9-19)20-17(13)21)10-3-2-4-11(18)7-10/h2-8H,1H3,(H,20,21). The average Bonchev–Trinajstić information content (AvgIpc) is 2.54. The molecule has 108 valence electrons. The molecule has 1 heterocycles. The molecule has 1 aromatic heterocycles. The first-order valence-corrected chi connectivity index (χ1v) is 6.54. The van der Waals surface area contributed by atoms with Gasteiger partial charge in [-0.05, 0) is 35.9 Å². The molecule has 0 radical (unpaired) electrons. The lowest BCUT2D eigenvalue weighted by atomic mass is 9.97. The number of hydrogen-bond acceptors (Lipinski definition) is 3. The number of halogens is 1. The van der Waals surface area contributed by atoms with Gasteiger partial charge in [-0.25, -0.2) is 4.39 Å². The van der Waals surface area contributed by atoms with Gasteiger partial charge in [0.05, 0.1) is 7.11 Å². The smallest absolute Gasteiger partial charge is 0.256 e. The molecule has 5 heteroatoms. The molecule has 0 aliphatic carbocycles. The van der Waals surface area contributed by atoms with Crippen molar-refractivity contribution in [1.29, 1.82) is 5.26 Å². The van der Waals surface area contributed by atoms with Crippen LogP contribution in [0.3, 0.4) is 0 Å². The second-order valence-corrected chi connectivity index (χ2v) is 4.74. The highest BCUT2D eigenvalue weighted by molar-refractivity contribution is 5.98. The van der Waals surface area contributed by atoms with E-state index in [1.165, 1.54) is 19.2 Å². The van der Waals surface area contributed by atoms with Gasteiger partial charge >= 0.3 is 0 Å². The zero-order chi connectivity index (χ0) is 15.7. The third kappa shape index (κ3) is 2.21. The fraction of sp³-hybridized carbons (Fsp3) is 0.0588. The molecule has 0 atom stereocenters. The number of aromatic nitrogens is 1. The van der Waals surface area contributed by atoms with E-state index in [9.17, 15) is 14.4 Å². The SMILES string of the molecule is COc1ccc2c(=O)[nH]c(C#N)c(-c3cccc(F)c3)c2c1. The molecule has 4 nitrogen and oxygen atoms in total. The number of hydrogen-bond donors (Lipinski definition) is 1. The van der Waals surface area contributed by atoms with Crippen molar-refractivity contribution in [2.24, 2.45) is 0 Å². The number of nitrogens with one attached hydrogen (secondary N) is 1. The number of aromatic amines is 1. The highest BCUT2D eigenvalue weighted by Crippen LogP contribution is 2.31. The Morgan fingerprint density at radius 1 is 1.18 bits per heavy atom. The lowest BCUT2D eigenvalue weighted by molar-refractivity contribution is 0.415. The van der Waals surface area contributed by atoms with Crippen molar-refractivity contribution in [3.05, 3.63) is 64.3 Å². The molecule has 0 aliphatic heterocycles. The van der Waals surface area contributed by atoms with E-state index in [1.807, 2.05) is 6.07 Å². The van der Waals surface area contributed by atoms with Gasteiger partial charge in [-0.1, -0.05) is 12.1 Å². The molecule has 22 heavy (non-hydrogen) atoms. The van der Waals surface area contributed by atoms with Gasteiger partial charge in [-0.2, -0.15) is 5.26 Å². The summed E-state index contributed by atoms with van der Waals surface area (Å²) in [6, 6.07) is 12.8. The number of benzene rings is 2. The van der Waals surface area contributed by atoms with Crippen LogP contribution in [-0.4, -0.2) is 12.1 Å². The van der Waals surface area contributed by atoms with E-state index in [0.717, 1.165) is 0 Å². The summed E-state index contributed by atoms with van der Waals surface area (Å²) in [5, 5.41) is 10.3. The Morgan fingerprint density at radius 2 is 2.00 bits per heavy atom. The van der Waals surface area contributed by atoms with Crippen molar-refractivity contribution in [3.63, 3.8) is 0 Å². The van der Waals surface area contributed by atoms with Gasteiger partial charge in [0.15, 0.2) is 0 Å². The van der Waals surface area contributed by atoms with Crippen LogP contribution in [0.2, 0.25) is 0 Å². The first kappa shape index (κ1) is 13.8. The second kappa shape index (κ2) is 5.34. The minimum atomic E-state index is -0.413. The van der Waals surface area contributed by atoms with Crippen LogP contribution in [0, 0.1) is 17.1 Å². The molecule has 0 aliphatic rings. The van der Waals surface area contributed by atoms with Crippen LogP contribution >= 0.6 is 0 Å². The van der Waals surface area contributed by atoms with E-state index in [1.54, 1.807) is 30.3 Å². The Hall–Kier alpha value is -3.13. The van der Waals surface area contributed by atoms with Crippen molar-refractivity contribution >= 4 is 10.8 Å². The quantitative estimate of drug-likeness (QED) is 0.789. The molecule has 0 unspecified atom stereocenters. The van der Waals surface area contributed by atoms with E-state index in [-0.39, 0.29) is 11.3 Å². The van der Waals surface area contributed by atoms with Gasteiger partial charge in [0.25, 0.3) is 5.56 Å². The van der Waals surface area contributed by atoms with Crippen molar-refractivity contribution in [2.75, 3.05) is 7.11 Å². The number of pyridine rings is 1. The minimum Gasteiger partial charge on any atom is -0.497 e. The van der Waals surface area contributed by atoms with E-state index in [0.29, 0.717) is 27.6 Å². The van der Waals surface area contributed by atoms with Gasteiger partial charge in [0, 0.05) is 16.3 Å². The molecular weight excluding hydrogens is 283 g/mol. The van der Waals surface area contributed by atoms with E-state index in [2.05, 4.69) is 4.98 Å². The maximum atomic E-state index is 13.5. The molecule has 0 bridgehead atoms. The fourth-order valence-corrected chi connectivity index (χ4v) is 2.46. The molecule has 0 amide bonds. The predicted molar refractivity (Wildman–Crippen MR) is 81.2 cm³/mol. The number of H-pyrrole nitrogens is 1. The van der Waals surface area contributed by atoms with Gasteiger partial charge < -0.3 is 9.72 Å². The van der Waals surface area contributed by atoms with Gasteiger partial charge in [-0.3, -0.25) is 4.79 Å². The number of nitriles is 1. The second-order valence-electron chi connectivity index (χ2n) is 4.74. The summed E-state index contributed by atoms with van der Waals surface area (Å²) >= 11 is 0. The third-order valence-electron chi connectivity index (χ3n) is 3.45. The topological polar surface area (TPSA) is 65.9 Å². The van der Waals surface area contributed by atoms with Gasteiger partial charge in [0.1, 0.15) is 23.3 Å². The average molecular weight is 294 g/mol. The number of rotatable bonds is 2. The Morgan fingerprint density at radius 3 is 2.68 bits per heavy atom. The van der Waals surface area contributed by atoms with Crippen LogP contribution in [0.25, 0.3) is 21.9 Å². The van der Waals surface area contributed by atoms with E-state index in [4.69, 9.17) is 4.74 Å². The van der Waals surface area contributed by atoms with Crippen LogP contribution in [-0.2, 0) is 0 Å². The van der Waals surface area contributed by atoms with Crippen molar-refractivity contribution in [2.45, 2.75) is 0 Å². The normalized spacial score (nSPS) is 10.4. The van der Waals surface area contributed by atoms with Gasteiger partial charge in [0.2, 0.25) is 0 Å². The molecule has 0 saturated carbocycles. The predicted octanol–water partition coefficient (Wildman–Crippen LogP) is 3.21. The molecule has 3 aromatic rings.